The first-order chi connectivity index (χ1) is 21.5. The van der Waals surface area contributed by atoms with Crippen LogP contribution in [0.25, 0.3) is 17.1 Å². The minimum Gasteiger partial charge on any atom is -0.372 e. The SMILES string of the molecule is Cc1ccc(C(C)C)c(N2C(=NC(=S)NCCCCc3cccc(-c4ncn(-c5ccc(C(F)(F)F)cc5)n4)c3)SCC2O)c1. The molecule has 1 aromatic heterocycles. The van der Waals surface area contributed by atoms with Gasteiger partial charge in [0.1, 0.15) is 12.6 Å². The van der Waals surface area contributed by atoms with Crippen LogP contribution in [-0.4, -0.2) is 48.7 Å². The quantitative estimate of drug-likeness (QED) is 0.143. The zero-order valence-corrected chi connectivity index (χ0v) is 26.9. The molecule has 0 amide bonds. The van der Waals surface area contributed by atoms with Gasteiger partial charge in [0, 0.05) is 23.5 Å². The number of benzene rings is 3. The summed E-state index contributed by atoms with van der Waals surface area (Å²) in [5.74, 6) is 1.32. The Kier molecular flexibility index (Phi) is 10.3. The Morgan fingerprint density at radius 3 is 2.62 bits per heavy atom. The van der Waals surface area contributed by atoms with E-state index in [2.05, 4.69) is 52.4 Å². The van der Waals surface area contributed by atoms with E-state index in [4.69, 9.17) is 12.2 Å². The van der Waals surface area contributed by atoms with Gasteiger partial charge in [-0.3, -0.25) is 4.90 Å². The largest absolute Gasteiger partial charge is 0.416 e. The fraction of sp³-hybridized carbons (Fsp3) is 0.333. The number of rotatable bonds is 9. The molecule has 0 saturated carbocycles. The van der Waals surface area contributed by atoms with Crippen LogP contribution in [0.5, 0.6) is 0 Å². The van der Waals surface area contributed by atoms with Crippen molar-refractivity contribution in [3.63, 3.8) is 0 Å². The van der Waals surface area contributed by atoms with Gasteiger partial charge in [0.25, 0.3) is 0 Å². The summed E-state index contributed by atoms with van der Waals surface area (Å²) in [6.45, 7) is 6.99. The molecule has 4 aromatic rings. The van der Waals surface area contributed by atoms with E-state index < -0.39 is 18.0 Å². The Hall–Kier alpha value is -3.74. The fourth-order valence-corrected chi connectivity index (χ4v) is 6.29. The Bertz CT molecular complexity index is 1670. The maximum atomic E-state index is 12.9. The zero-order chi connectivity index (χ0) is 32.1. The monoisotopic (exact) mass is 652 g/mol. The van der Waals surface area contributed by atoms with Gasteiger partial charge in [0.05, 0.1) is 11.3 Å². The van der Waals surface area contributed by atoms with Crippen molar-refractivity contribution in [2.45, 2.75) is 58.4 Å². The maximum Gasteiger partial charge on any atom is 0.416 e. The summed E-state index contributed by atoms with van der Waals surface area (Å²) in [5.41, 5.74) is 5.00. The van der Waals surface area contributed by atoms with Crippen LogP contribution in [0.15, 0.2) is 78.0 Å². The molecular formula is C33H35F3N6OS2. The molecule has 3 aromatic carbocycles. The normalized spacial score (nSPS) is 16.1. The minimum atomic E-state index is -4.39. The third-order valence-corrected chi connectivity index (χ3v) is 8.68. The number of nitrogens with zero attached hydrogens (tertiary/aromatic N) is 5. The summed E-state index contributed by atoms with van der Waals surface area (Å²) in [7, 11) is 0. The van der Waals surface area contributed by atoms with Gasteiger partial charge in [-0.2, -0.15) is 18.2 Å². The molecule has 1 fully saturated rings. The molecule has 0 spiro atoms. The number of aliphatic hydroxyl groups excluding tert-OH is 1. The Labute approximate surface area is 270 Å². The molecule has 12 heteroatoms. The molecule has 236 valence electrons. The second-order valence-electron chi connectivity index (χ2n) is 11.2. The summed E-state index contributed by atoms with van der Waals surface area (Å²) < 4.78 is 40.1. The molecule has 1 atom stereocenters. The van der Waals surface area contributed by atoms with Gasteiger partial charge in [-0.1, -0.05) is 55.9 Å². The predicted octanol–water partition coefficient (Wildman–Crippen LogP) is 7.51. The number of alkyl halides is 3. The average molecular weight is 653 g/mol. The van der Waals surface area contributed by atoms with Crippen molar-refractivity contribution in [2.75, 3.05) is 17.2 Å². The highest BCUT2D eigenvalue weighted by Crippen LogP contribution is 2.36. The average Bonchev–Trinajstić information content (AvgIpc) is 3.64. The van der Waals surface area contributed by atoms with Crippen LogP contribution in [0.3, 0.4) is 0 Å². The van der Waals surface area contributed by atoms with E-state index in [-0.39, 0.29) is 0 Å². The van der Waals surface area contributed by atoms with E-state index in [0.717, 1.165) is 59.3 Å². The highest BCUT2D eigenvalue weighted by molar-refractivity contribution is 8.14. The van der Waals surface area contributed by atoms with E-state index in [1.54, 1.807) is 0 Å². The van der Waals surface area contributed by atoms with E-state index in [1.807, 2.05) is 36.1 Å². The van der Waals surface area contributed by atoms with Crippen LogP contribution in [-0.2, 0) is 12.6 Å². The number of aliphatic imine (C=N–C) groups is 1. The number of nitrogens with one attached hydrogen (secondary N) is 1. The Morgan fingerprint density at radius 1 is 1.11 bits per heavy atom. The molecule has 1 saturated heterocycles. The Morgan fingerprint density at radius 2 is 1.89 bits per heavy atom. The van der Waals surface area contributed by atoms with Gasteiger partial charge >= 0.3 is 6.18 Å². The molecular weight excluding hydrogens is 618 g/mol. The first-order valence-corrected chi connectivity index (χ1v) is 16.1. The molecule has 0 bridgehead atoms. The van der Waals surface area contributed by atoms with Crippen molar-refractivity contribution in [1.29, 1.82) is 0 Å². The number of aliphatic hydroxyl groups is 1. The molecule has 1 aliphatic heterocycles. The summed E-state index contributed by atoms with van der Waals surface area (Å²) in [6.07, 6.45) is -0.910. The summed E-state index contributed by atoms with van der Waals surface area (Å²) in [6, 6.07) is 19.1. The smallest absolute Gasteiger partial charge is 0.372 e. The van der Waals surface area contributed by atoms with Crippen molar-refractivity contribution in [2.24, 2.45) is 4.99 Å². The maximum absolute atomic E-state index is 12.9. The van der Waals surface area contributed by atoms with Crippen molar-refractivity contribution in [3.05, 3.63) is 95.3 Å². The molecule has 0 aliphatic carbocycles. The highest BCUT2D eigenvalue weighted by Gasteiger charge is 2.32. The van der Waals surface area contributed by atoms with E-state index in [1.165, 1.54) is 34.9 Å². The second kappa shape index (κ2) is 14.1. The van der Waals surface area contributed by atoms with Crippen LogP contribution in [0.1, 0.15) is 54.9 Å². The zero-order valence-electron chi connectivity index (χ0n) is 25.3. The van der Waals surface area contributed by atoms with E-state index in [0.29, 0.717) is 40.0 Å². The van der Waals surface area contributed by atoms with Gasteiger partial charge in [0.15, 0.2) is 16.1 Å². The van der Waals surface area contributed by atoms with Gasteiger partial charge < -0.3 is 10.4 Å². The van der Waals surface area contributed by atoms with E-state index in [9.17, 15) is 18.3 Å². The molecule has 5 rings (SSSR count). The number of aryl methyl sites for hydroxylation is 2. The van der Waals surface area contributed by atoms with Crippen molar-refractivity contribution in [1.82, 2.24) is 20.1 Å². The molecule has 1 unspecified atom stereocenters. The first-order valence-electron chi connectivity index (χ1n) is 14.8. The second-order valence-corrected chi connectivity index (χ2v) is 12.6. The van der Waals surface area contributed by atoms with Gasteiger partial charge in [0.2, 0.25) is 0 Å². The van der Waals surface area contributed by atoms with Crippen LogP contribution < -0.4 is 10.2 Å². The number of hydrogen-bond acceptors (Lipinski definition) is 5. The number of hydrogen-bond donors (Lipinski definition) is 2. The van der Waals surface area contributed by atoms with Gasteiger partial charge in [-0.05, 0) is 97.4 Å². The van der Waals surface area contributed by atoms with Crippen molar-refractivity contribution >= 4 is 39.9 Å². The highest BCUT2D eigenvalue weighted by atomic mass is 32.2. The molecule has 45 heavy (non-hydrogen) atoms. The number of aromatic nitrogens is 3. The summed E-state index contributed by atoms with van der Waals surface area (Å²) in [4.78, 5) is 10.9. The third kappa shape index (κ3) is 8.11. The predicted molar refractivity (Wildman–Crippen MR) is 179 cm³/mol. The Balaban J connectivity index is 1.13. The molecule has 7 nitrogen and oxygen atoms in total. The number of unbranched alkanes of at least 4 members (excludes halogenated alkanes) is 1. The van der Waals surface area contributed by atoms with Crippen LogP contribution in [0.4, 0.5) is 18.9 Å². The topological polar surface area (TPSA) is 78.6 Å². The van der Waals surface area contributed by atoms with Gasteiger partial charge in [-0.15, -0.1) is 5.10 Å². The van der Waals surface area contributed by atoms with Crippen LogP contribution in [0, 0.1) is 6.92 Å². The summed E-state index contributed by atoms with van der Waals surface area (Å²) in [5, 5.41) is 19.6. The lowest BCUT2D eigenvalue weighted by molar-refractivity contribution is -0.137. The van der Waals surface area contributed by atoms with Crippen molar-refractivity contribution < 1.29 is 18.3 Å². The minimum absolute atomic E-state index is 0.298. The van der Waals surface area contributed by atoms with Crippen molar-refractivity contribution in [3.8, 4) is 17.1 Å². The number of thiocarbonyl (C=S) groups is 1. The lowest BCUT2D eigenvalue weighted by Gasteiger charge is -2.26. The first kappa shape index (κ1) is 32.6. The number of halogens is 3. The van der Waals surface area contributed by atoms with Gasteiger partial charge in [-0.25, -0.2) is 9.67 Å². The molecule has 0 radical (unpaired) electrons. The third-order valence-electron chi connectivity index (χ3n) is 7.43. The molecule has 1 aliphatic rings. The van der Waals surface area contributed by atoms with Crippen LogP contribution >= 0.6 is 24.0 Å². The fourth-order valence-electron chi connectivity index (χ4n) is 5.09. The lowest BCUT2D eigenvalue weighted by Crippen LogP contribution is -2.35. The number of amidine groups is 1. The molecule has 2 N–H and O–H groups in total. The lowest BCUT2D eigenvalue weighted by atomic mass is 9.98. The number of thioether (sulfide) groups is 1. The molecule has 2 heterocycles. The standard InChI is InChI=1S/C33H35F3N6OS2/c1-21(2)27-15-10-22(3)17-28(27)42-29(43)19-45-32(42)39-31(44)37-16-5-4-7-23-8-6-9-24(18-23)30-38-20-41(40-30)26-13-11-25(12-14-26)33(34,35)36/h6,8-15,17-18,20-21,29,43H,4-5,7,16,19H2,1-3H3,(H,37,44). The number of anilines is 1. The van der Waals surface area contributed by atoms with E-state index >= 15 is 0 Å². The summed E-state index contributed by atoms with van der Waals surface area (Å²) >= 11 is 7.03. The van der Waals surface area contributed by atoms with Crippen LogP contribution in [0.2, 0.25) is 0 Å².